The molecular weight excluding hydrogens is 452 g/mol. The van der Waals surface area contributed by atoms with Gasteiger partial charge in [0.15, 0.2) is 0 Å². The Bertz CT molecular complexity index is 1110. The maximum atomic E-state index is 12.8. The first-order chi connectivity index (χ1) is 17.5. The van der Waals surface area contributed by atoms with E-state index >= 15 is 0 Å². The van der Waals surface area contributed by atoms with Crippen molar-refractivity contribution < 1.29 is 14.7 Å². The van der Waals surface area contributed by atoms with Crippen LogP contribution >= 0.6 is 0 Å². The summed E-state index contributed by atoms with van der Waals surface area (Å²) < 4.78 is 0. The summed E-state index contributed by atoms with van der Waals surface area (Å²) in [4.78, 5) is 31.7. The maximum Gasteiger partial charge on any atom is 0.251 e. The molecular formula is C29H36N4O3. The van der Waals surface area contributed by atoms with Gasteiger partial charge >= 0.3 is 0 Å². The predicted octanol–water partition coefficient (Wildman–Crippen LogP) is 3.89. The standard InChI is InChI=1S/C28H32N4O2.CH4O/c1-32(2)26-12-10-25(11-13-26)31-28(34)24-5-3-4-20(18-24)19-30-27(33)23-8-6-21(7-9-23)22-14-16-29-17-15-22;1-2/h3-9,14-18,25-26H,10-13,19H2,1-2H3,(H,30,33)(H,31,34);2H,1H3. The number of carbonyl (C=O) groups is 2. The van der Waals surface area contributed by atoms with Gasteiger partial charge in [-0.25, -0.2) is 0 Å². The Hall–Kier alpha value is -3.55. The summed E-state index contributed by atoms with van der Waals surface area (Å²) >= 11 is 0. The highest BCUT2D eigenvalue weighted by molar-refractivity contribution is 5.95. The quantitative estimate of drug-likeness (QED) is 0.469. The zero-order valence-electron chi connectivity index (χ0n) is 21.3. The highest BCUT2D eigenvalue weighted by atomic mass is 16.2. The van der Waals surface area contributed by atoms with Crippen LogP contribution in [0.2, 0.25) is 0 Å². The first-order valence-corrected chi connectivity index (χ1v) is 12.3. The minimum Gasteiger partial charge on any atom is -0.400 e. The van der Waals surface area contributed by atoms with E-state index in [1.54, 1.807) is 12.4 Å². The third-order valence-corrected chi connectivity index (χ3v) is 6.57. The van der Waals surface area contributed by atoms with Gasteiger partial charge in [0.05, 0.1) is 0 Å². The fourth-order valence-corrected chi connectivity index (χ4v) is 4.47. The molecule has 0 aliphatic heterocycles. The molecule has 2 amide bonds. The van der Waals surface area contributed by atoms with Gasteiger partial charge in [-0.15, -0.1) is 0 Å². The summed E-state index contributed by atoms with van der Waals surface area (Å²) in [5.41, 5.74) is 4.21. The van der Waals surface area contributed by atoms with E-state index in [-0.39, 0.29) is 17.9 Å². The topological polar surface area (TPSA) is 94.6 Å². The van der Waals surface area contributed by atoms with Crippen molar-refractivity contribution in [2.45, 2.75) is 44.3 Å². The van der Waals surface area contributed by atoms with Crippen LogP contribution in [0.3, 0.4) is 0 Å². The minimum absolute atomic E-state index is 0.0480. The van der Waals surface area contributed by atoms with Crippen LogP contribution in [0, 0.1) is 0 Å². The number of aromatic nitrogens is 1. The molecule has 3 N–H and O–H groups in total. The predicted molar refractivity (Wildman–Crippen MR) is 143 cm³/mol. The van der Waals surface area contributed by atoms with E-state index in [1.165, 1.54) is 0 Å². The molecule has 190 valence electrons. The zero-order valence-corrected chi connectivity index (χ0v) is 21.3. The first kappa shape index (κ1) is 27.0. The molecule has 4 rings (SSSR count). The normalized spacial score (nSPS) is 17.0. The molecule has 7 nitrogen and oxygen atoms in total. The third-order valence-electron chi connectivity index (χ3n) is 6.57. The number of rotatable bonds is 7. The fraction of sp³-hybridized carbons (Fsp3) is 0.345. The molecule has 0 bridgehead atoms. The van der Waals surface area contributed by atoms with Gasteiger partial charge in [0.25, 0.3) is 11.8 Å². The number of aliphatic hydroxyl groups is 1. The van der Waals surface area contributed by atoms with Gasteiger partial charge in [0.1, 0.15) is 0 Å². The summed E-state index contributed by atoms with van der Waals surface area (Å²) in [6.07, 6.45) is 7.72. The Kier molecular flexibility index (Phi) is 10.2. The number of aliphatic hydroxyl groups excluding tert-OH is 1. The number of benzene rings is 2. The lowest BCUT2D eigenvalue weighted by atomic mass is 9.90. The highest BCUT2D eigenvalue weighted by Crippen LogP contribution is 2.22. The van der Waals surface area contributed by atoms with Crippen molar-refractivity contribution in [2.75, 3.05) is 21.2 Å². The van der Waals surface area contributed by atoms with E-state index in [9.17, 15) is 9.59 Å². The Balaban J connectivity index is 0.00000176. The van der Waals surface area contributed by atoms with E-state index in [0.717, 1.165) is 49.5 Å². The van der Waals surface area contributed by atoms with Crippen LogP contribution in [0.15, 0.2) is 73.1 Å². The van der Waals surface area contributed by atoms with Gasteiger partial charge in [-0.3, -0.25) is 14.6 Å². The molecule has 36 heavy (non-hydrogen) atoms. The third kappa shape index (κ3) is 7.47. The van der Waals surface area contributed by atoms with Crippen LogP contribution in [-0.2, 0) is 6.54 Å². The molecule has 0 saturated heterocycles. The molecule has 0 spiro atoms. The minimum atomic E-state index is -0.145. The summed E-state index contributed by atoms with van der Waals surface area (Å²) in [6.45, 7) is 0.361. The smallest absolute Gasteiger partial charge is 0.251 e. The van der Waals surface area contributed by atoms with Crippen LogP contribution in [0.5, 0.6) is 0 Å². The summed E-state index contributed by atoms with van der Waals surface area (Å²) in [5, 5.41) is 13.1. The second kappa shape index (κ2) is 13.5. The van der Waals surface area contributed by atoms with E-state index in [2.05, 4.69) is 34.6 Å². The molecule has 3 aromatic rings. The highest BCUT2D eigenvalue weighted by Gasteiger charge is 2.23. The molecule has 1 aromatic heterocycles. The number of nitrogens with one attached hydrogen (secondary N) is 2. The monoisotopic (exact) mass is 488 g/mol. The lowest BCUT2D eigenvalue weighted by Crippen LogP contribution is -2.41. The van der Waals surface area contributed by atoms with E-state index in [4.69, 9.17) is 5.11 Å². The van der Waals surface area contributed by atoms with Gasteiger partial charge < -0.3 is 20.6 Å². The molecule has 7 heteroatoms. The lowest BCUT2D eigenvalue weighted by molar-refractivity contribution is 0.0915. The summed E-state index contributed by atoms with van der Waals surface area (Å²) in [6, 6.07) is 19.7. The largest absolute Gasteiger partial charge is 0.400 e. The maximum absolute atomic E-state index is 12.8. The van der Waals surface area contributed by atoms with Crippen molar-refractivity contribution >= 4 is 11.8 Å². The van der Waals surface area contributed by atoms with E-state index in [0.29, 0.717) is 23.7 Å². The average Bonchev–Trinajstić information content (AvgIpc) is 2.94. The van der Waals surface area contributed by atoms with Crippen molar-refractivity contribution in [2.24, 2.45) is 0 Å². The molecule has 2 aromatic carbocycles. The molecule has 1 heterocycles. The van der Waals surface area contributed by atoms with Crippen LogP contribution in [-0.4, -0.2) is 60.1 Å². The van der Waals surface area contributed by atoms with Gasteiger partial charge in [0.2, 0.25) is 0 Å². The average molecular weight is 489 g/mol. The van der Waals surface area contributed by atoms with Gasteiger partial charge in [0, 0.05) is 49.3 Å². The van der Waals surface area contributed by atoms with Gasteiger partial charge in [-0.05, 0) is 92.9 Å². The number of carbonyl (C=O) groups excluding carboxylic acids is 2. The van der Waals surface area contributed by atoms with Crippen molar-refractivity contribution in [3.63, 3.8) is 0 Å². The van der Waals surface area contributed by atoms with Crippen LogP contribution < -0.4 is 10.6 Å². The Morgan fingerprint density at radius 3 is 2.14 bits per heavy atom. The molecule has 1 fully saturated rings. The van der Waals surface area contributed by atoms with Crippen molar-refractivity contribution in [1.82, 2.24) is 20.5 Å². The number of pyridine rings is 1. The van der Waals surface area contributed by atoms with Gasteiger partial charge in [-0.1, -0.05) is 24.3 Å². The molecule has 1 aliphatic rings. The number of nitrogens with zero attached hydrogens (tertiary/aromatic N) is 2. The molecule has 0 unspecified atom stereocenters. The van der Waals surface area contributed by atoms with Gasteiger partial charge in [-0.2, -0.15) is 0 Å². The molecule has 0 atom stereocenters. The molecule has 1 saturated carbocycles. The summed E-state index contributed by atoms with van der Waals surface area (Å²) in [5.74, 6) is -0.193. The van der Waals surface area contributed by atoms with E-state index in [1.807, 2.05) is 60.7 Å². The molecule has 0 radical (unpaired) electrons. The Labute approximate surface area is 213 Å². The van der Waals surface area contributed by atoms with Crippen LogP contribution in [0.1, 0.15) is 52.0 Å². The second-order valence-corrected chi connectivity index (χ2v) is 9.14. The second-order valence-electron chi connectivity index (χ2n) is 9.14. The van der Waals surface area contributed by atoms with E-state index < -0.39 is 0 Å². The molecule has 1 aliphatic carbocycles. The summed E-state index contributed by atoms with van der Waals surface area (Å²) in [7, 11) is 5.23. The number of hydrogen-bond donors (Lipinski definition) is 3. The number of amides is 2. The van der Waals surface area contributed by atoms with Crippen molar-refractivity contribution in [1.29, 1.82) is 0 Å². The Morgan fingerprint density at radius 1 is 0.861 bits per heavy atom. The van der Waals surface area contributed by atoms with Crippen LogP contribution in [0.4, 0.5) is 0 Å². The SMILES string of the molecule is CN(C)C1CCC(NC(=O)c2cccc(CNC(=O)c3ccc(-c4ccncc4)cc3)c2)CC1.CO. The zero-order chi connectivity index (χ0) is 25.9. The van der Waals surface area contributed by atoms with Crippen LogP contribution in [0.25, 0.3) is 11.1 Å². The fourth-order valence-electron chi connectivity index (χ4n) is 4.47. The number of hydrogen-bond acceptors (Lipinski definition) is 5. The van der Waals surface area contributed by atoms with Crippen molar-refractivity contribution in [3.8, 4) is 11.1 Å². The lowest BCUT2D eigenvalue weighted by Gasteiger charge is -2.33. The first-order valence-electron chi connectivity index (χ1n) is 12.3. The van der Waals surface area contributed by atoms with Crippen molar-refractivity contribution in [3.05, 3.63) is 89.7 Å². The Morgan fingerprint density at radius 2 is 1.50 bits per heavy atom.